The van der Waals surface area contributed by atoms with Gasteiger partial charge in [-0.2, -0.15) is 0 Å². The molecule has 0 fully saturated rings. The molecule has 16 heavy (non-hydrogen) atoms. The standard InChI is InChI=1S/C12H10BrFN2/c1-7-4-10(12(15)16-6-7)9-5-8(13)2-3-11(9)14/h2-6H,1H3,(H2,15,16). The molecule has 0 aliphatic rings. The van der Waals surface area contributed by atoms with E-state index in [4.69, 9.17) is 5.73 Å². The molecule has 1 aromatic carbocycles. The van der Waals surface area contributed by atoms with E-state index in [9.17, 15) is 4.39 Å². The van der Waals surface area contributed by atoms with Gasteiger partial charge in [-0.05, 0) is 36.8 Å². The van der Waals surface area contributed by atoms with Crippen molar-refractivity contribution >= 4 is 21.7 Å². The summed E-state index contributed by atoms with van der Waals surface area (Å²) in [6, 6.07) is 6.58. The van der Waals surface area contributed by atoms with Gasteiger partial charge in [-0.3, -0.25) is 0 Å². The van der Waals surface area contributed by atoms with Crippen LogP contribution < -0.4 is 5.73 Å². The van der Waals surface area contributed by atoms with E-state index in [1.807, 2.05) is 13.0 Å². The molecule has 2 nitrogen and oxygen atoms in total. The maximum absolute atomic E-state index is 13.7. The quantitative estimate of drug-likeness (QED) is 0.868. The number of anilines is 1. The molecule has 0 aliphatic carbocycles. The van der Waals surface area contributed by atoms with Crippen molar-refractivity contribution in [2.75, 3.05) is 5.73 Å². The van der Waals surface area contributed by atoms with E-state index in [1.165, 1.54) is 6.07 Å². The van der Waals surface area contributed by atoms with Gasteiger partial charge in [0.05, 0.1) is 0 Å². The molecule has 0 unspecified atom stereocenters. The molecular formula is C12H10BrFN2. The Morgan fingerprint density at radius 3 is 2.75 bits per heavy atom. The third-order valence-electron chi connectivity index (χ3n) is 2.27. The van der Waals surface area contributed by atoms with Crippen LogP contribution in [0.25, 0.3) is 11.1 Å². The fourth-order valence-corrected chi connectivity index (χ4v) is 1.86. The Bertz CT molecular complexity index is 491. The van der Waals surface area contributed by atoms with E-state index in [2.05, 4.69) is 20.9 Å². The summed E-state index contributed by atoms with van der Waals surface area (Å²) in [7, 11) is 0. The normalized spacial score (nSPS) is 10.4. The Morgan fingerprint density at radius 2 is 2.00 bits per heavy atom. The first-order valence-corrected chi connectivity index (χ1v) is 5.55. The van der Waals surface area contributed by atoms with Crippen LogP contribution in [0.5, 0.6) is 0 Å². The molecule has 0 radical (unpaired) electrons. The van der Waals surface area contributed by atoms with Crippen LogP contribution in [0, 0.1) is 12.7 Å². The van der Waals surface area contributed by atoms with Crippen molar-refractivity contribution < 1.29 is 4.39 Å². The lowest BCUT2D eigenvalue weighted by Crippen LogP contribution is -1.96. The zero-order valence-corrected chi connectivity index (χ0v) is 10.3. The highest BCUT2D eigenvalue weighted by Gasteiger charge is 2.09. The SMILES string of the molecule is Cc1cnc(N)c(-c2cc(Br)ccc2F)c1. The lowest BCUT2D eigenvalue weighted by Gasteiger charge is -2.07. The highest BCUT2D eigenvalue weighted by atomic mass is 79.9. The molecule has 0 amide bonds. The second kappa shape index (κ2) is 4.22. The molecule has 0 saturated carbocycles. The molecule has 0 saturated heterocycles. The maximum atomic E-state index is 13.7. The Kier molecular flexibility index (Phi) is 2.92. The number of aromatic nitrogens is 1. The zero-order valence-electron chi connectivity index (χ0n) is 8.67. The van der Waals surface area contributed by atoms with E-state index < -0.39 is 0 Å². The number of nitrogens with two attached hydrogens (primary N) is 1. The van der Waals surface area contributed by atoms with Crippen molar-refractivity contribution in [1.29, 1.82) is 0 Å². The van der Waals surface area contributed by atoms with Crippen molar-refractivity contribution in [3.8, 4) is 11.1 Å². The van der Waals surface area contributed by atoms with E-state index in [1.54, 1.807) is 18.3 Å². The van der Waals surface area contributed by atoms with Gasteiger partial charge in [0.2, 0.25) is 0 Å². The fraction of sp³-hybridized carbons (Fsp3) is 0.0833. The van der Waals surface area contributed by atoms with Gasteiger partial charge >= 0.3 is 0 Å². The van der Waals surface area contributed by atoms with Gasteiger partial charge in [0, 0.05) is 21.8 Å². The van der Waals surface area contributed by atoms with Gasteiger partial charge in [0.15, 0.2) is 0 Å². The predicted octanol–water partition coefficient (Wildman–Crippen LogP) is 3.54. The Morgan fingerprint density at radius 1 is 1.25 bits per heavy atom. The van der Waals surface area contributed by atoms with Crippen LogP contribution in [0.2, 0.25) is 0 Å². The van der Waals surface area contributed by atoms with Crippen LogP contribution in [0.4, 0.5) is 10.2 Å². The fourth-order valence-electron chi connectivity index (χ4n) is 1.50. The average molecular weight is 281 g/mol. The second-order valence-electron chi connectivity index (χ2n) is 3.57. The van der Waals surface area contributed by atoms with Crippen molar-refractivity contribution in [2.45, 2.75) is 6.92 Å². The summed E-state index contributed by atoms with van der Waals surface area (Å²) < 4.78 is 14.5. The zero-order chi connectivity index (χ0) is 11.7. The van der Waals surface area contributed by atoms with Crippen LogP contribution in [0.3, 0.4) is 0 Å². The third-order valence-corrected chi connectivity index (χ3v) is 2.77. The minimum absolute atomic E-state index is 0.303. The minimum atomic E-state index is -0.303. The summed E-state index contributed by atoms with van der Waals surface area (Å²) in [5, 5.41) is 0. The summed E-state index contributed by atoms with van der Waals surface area (Å²) in [5.74, 6) is 0.0323. The number of pyridine rings is 1. The molecule has 2 N–H and O–H groups in total. The van der Waals surface area contributed by atoms with E-state index in [0.717, 1.165) is 10.0 Å². The number of halogens is 2. The highest BCUT2D eigenvalue weighted by Crippen LogP contribution is 2.29. The highest BCUT2D eigenvalue weighted by molar-refractivity contribution is 9.10. The molecule has 1 heterocycles. The van der Waals surface area contributed by atoms with Gasteiger partial charge in [-0.1, -0.05) is 15.9 Å². The number of hydrogen-bond donors (Lipinski definition) is 1. The first-order chi connectivity index (χ1) is 7.58. The van der Waals surface area contributed by atoms with Gasteiger partial charge in [0.1, 0.15) is 11.6 Å². The summed E-state index contributed by atoms with van der Waals surface area (Å²) >= 11 is 3.31. The van der Waals surface area contributed by atoms with Gasteiger partial charge in [0.25, 0.3) is 0 Å². The summed E-state index contributed by atoms with van der Waals surface area (Å²) in [6.07, 6.45) is 1.66. The molecule has 2 rings (SSSR count). The second-order valence-corrected chi connectivity index (χ2v) is 4.49. The van der Waals surface area contributed by atoms with Crippen LogP contribution in [0.15, 0.2) is 34.9 Å². The molecule has 2 aromatic rings. The Balaban J connectivity index is 2.66. The third kappa shape index (κ3) is 2.07. The number of rotatable bonds is 1. The molecule has 0 spiro atoms. The predicted molar refractivity (Wildman–Crippen MR) is 66.5 cm³/mol. The van der Waals surface area contributed by atoms with Crippen LogP contribution >= 0.6 is 15.9 Å². The largest absolute Gasteiger partial charge is 0.383 e. The number of nitrogens with zero attached hydrogens (tertiary/aromatic N) is 1. The number of benzene rings is 1. The molecule has 82 valence electrons. The minimum Gasteiger partial charge on any atom is -0.383 e. The van der Waals surface area contributed by atoms with Gasteiger partial charge in [-0.15, -0.1) is 0 Å². The smallest absolute Gasteiger partial charge is 0.131 e. The van der Waals surface area contributed by atoms with Crippen LogP contribution in [-0.4, -0.2) is 4.98 Å². The average Bonchev–Trinajstić information content (AvgIpc) is 2.25. The molecular weight excluding hydrogens is 271 g/mol. The summed E-state index contributed by atoms with van der Waals surface area (Å²) in [5.41, 5.74) is 7.78. The van der Waals surface area contributed by atoms with E-state index in [0.29, 0.717) is 16.9 Å². The first kappa shape index (κ1) is 11.1. The number of hydrogen-bond acceptors (Lipinski definition) is 2. The van der Waals surface area contributed by atoms with Gasteiger partial charge < -0.3 is 5.73 Å². The molecule has 1 aromatic heterocycles. The monoisotopic (exact) mass is 280 g/mol. The topological polar surface area (TPSA) is 38.9 Å². The lowest BCUT2D eigenvalue weighted by molar-refractivity contribution is 0.631. The summed E-state index contributed by atoms with van der Waals surface area (Å²) in [6.45, 7) is 1.89. The van der Waals surface area contributed by atoms with Crippen molar-refractivity contribution in [3.05, 3.63) is 46.3 Å². The van der Waals surface area contributed by atoms with Gasteiger partial charge in [-0.25, -0.2) is 9.37 Å². The summed E-state index contributed by atoms with van der Waals surface area (Å²) in [4.78, 5) is 4.02. The number of nitrogen functional groups attached to an aromatic ring is 1. The molecule has 0 bridgehead atoms. The van der Waals surface area contributed by atoms with Crippen LogP contribution in [0.1, 0.15) is 5.56 Å². The maximum Gasteiger partial charge on any atom is 0.131 e. The van der Waals surface area contributed by atoms with E-state index >= 15 is 0 Å². The number of aryl methyl sites for hydroxylation is 1. The lowest BCUT2D eigenvalue weighted by atomic mass is 10.0. The van der Waals surface area contributed by atoms with Crippen molar-refractivity contribution in [1.82, 2.24) is 4.98 Å². The Hall–Kier alpha value is -1.42. The Labute approximate surface area is 101 Å². The van der Waals surface area contributed by atoms with Crippen molar-refractivity contribution in [2.24, 2.45) is 0 Å². The first-order valence-electron chi connectivity index (χ1n) is 4.75. The van der Waals surface area contributed by atoms with Crippen LogP contribution in [-0.2, 0) is 0 Å². The van der Waals surface area contributed by atoms with Crippen molar-refractivity contribution in [3.63, 3.8) is 0 Å². The molecule has 0 aliphatic heterocycles. The molecule has 4 heteroatoms. The molecule has 0 atom stereocenters. The van der Waals surface area contributed by atoms with E-state index in [-0.39, 0.29) is 5.82 Å².